The summed E-state index contributed by atoms with van der Waals surface area (Å²) in [6.07, 6.45) is -0.0749. The molecule has 1 amide bonds. The van der Waals surface area contributed by atoms with Crippen LogP contribution in [0.5, 0.6) is 5.75 Å². The number of ether oxygens (including phenoxy) is 2. The zero-order chi connectivity index (χ0) is 16.3. The van der Waals surface area contributed by atoms with Crippen LogP contribution in [0.4, 0.5) is 0 Å². The Morgan fingerprint density at radius 1 is 1.32 bits per heavy atom. The first-order valence-electron chi connectivity index (χ1n) is 7.26. The number of carbonyl (C=O) groups is 2. The highest BCUT2D eigenvalue weighted by molar-refractivity contribution is 5.93. The lowest BCUT2D eigenvalue weighted by Gasteiger charge is -2.35. The van der Waals surface area contributed by atoms with E-state index in [1.165, 1.54) is 12.1 Å². The van der Waals surface area contributed by atoms with Crippen molar-refractivity contribution in [1.29, 1.82) is 0 Å². The molecule has 0 radical (unpaired) electrons. The van der Waals surface area contributed by atoms with Gasteiger partial charge >= 0.3 is 5.97 Å². The summed E-state index contributed by atoms with van der Waals surface area (Å²) in [6.45, 7) is 6.22. The van der Waals surface area contributed by atoms with Crippen molar-refractivity contribution >= 4 is 11.9 Å². The number of aromatic hydroxyl groups is 1. The van der Waals surface area contributed by atoms with Gasteiger partial charge in [-0.25, -0.2) is 4.79 Å². The summed E-state index contributed by atoms with van der Waals surface area (Å²) in [5, 5.41) is 9.73. The number of hydrogen-bond donors (Lipinski definition) is 1. The van der Waals surface area contributed by atoms with Gasteiger partial charge in [-0.2, -0.15) is 0 Å². The lowest BCUT2D eigenvalue weighted by molar-refractivity contribution is -0.146. The zero-order valence-corrected chi connectivity index (χ0v) is 13.0. The fraction of sp³-hybridized carbons (Fsp3) is 0.500. The van der Waals surface area contributed by atoms with E-state index in [1.54, 1.807) is 17.9 Å². The number of aryl methyl sites for hydroxylation is 1. The second-order valence-corrected chi connectivity index (χ2v) is 5.65. The smallest absolute Gasteiger partial charge is 0.342 e. The first-order chi connectivity index (χ1) is 10.4. The fourth-order valence-electron chi connectivity index (χ4n) is 2.49. The predicted octanol–water partition coefficient (Wildman–Crippen LogP) is 1.49. The molecule has 1 aliphatic rings. The van der Waals surface area contributed by atoms with Crippen molar-refractivity contribution in [2.75, 3.05) is 19.7 Å². The molecule has 0 unspecified atom stereocenters. The normalized spacial score (nSPS) is 21.5. The largest absolute Gasteiger partial charge is 0.507 e. The standard InChI is InChI=1S/C16H21NO5/c1-10-4-5-13(14(18)6-10)16(20)21-9-15(19)17-7-11(2)22-12(3)8-17/h4-6,11-12,18H,7-9H2,1-3H3/t11-,12-/m1/s1. The molecule has 1 N–H and O–H groups in total. The van der Waals surface area contributed by atoms with E-state index in [9.17, 15) is 14.7 Å². The monoisotopic (exact) mass is 307 g/mol. The lowest BCUT2D eigenvalue weighted by atomic mass is 10.1. The number of esters is 1. The molecule has 0 saturated carbocycles. The van der Waals surface area contributed by atoms with E-state index in [4.69, 9.17) is 9.47 Å². The summed E-state index contributed by atoms with van der Waals surface area (Å²) >= 11 is 0. The van der Waals surface area contributed by atoms with Crippen LogP contribution in [-0.4, -0.2) is 53.8 Å². The van der Waals surface area contributed by atoms with Gasteiger partial charge in [0.15, 0.2) is 6.61 Å². The number of amides is 1. The topological polar surface area (TPSA) is 76.1 Å². The molecule has 0 aliphatic carbocycles. The number of nitrogens with zero attached hydrogens (tertiary/aromatic N) is 1. The van der Waals surface area contributed by atoms with E-state index in [-0.39, 0.29) is 36.0 Å². The molecule has 0 spiro atoms. The minimum Gasteiger partial charge on any atom is -0.507 e. The van der Waals surface area contributed by atoms with Gasteiger partial charge in [-0.05, 0) is 38.5 Å². The Morgan fingerprint density at radius 3 is 2.55 bits per heavy atom. The molecule has 1 aromatic rings. The number of rotatable bonds is 3. The van der Waals surface area contributed by atoms with Gasteiger partial charge in [-0.3, -0.25) is 4.79 Å². The summed E-state index contributed by atoms with van der Waals surface area (Å²) < 4.78 is 10.6. The third kappa shape index (κ3) is 3.98. The number of benzene rings is 1. The van der Waals surface area contributed by atoms with Crippen molar-refractivity contribution < 1.29 is 24.2 Å². The van der Waals surface area contributed by atoms with Crippen LogP contribution < -0.4 is 0 Å². The van der Waals surface area contributed by atoms with Gasteiger partial charge < -0.3 is 19.5 Å². The molecule has 1 heterocycles. The molecular weight excluding hydrogens is 286 g/mol. The van der Waals surface area contributed by atoms with Crippen molar-refractivity contribution in [3.63, 3.8) is 0 Å². The van der Waals surface area contributed by atoms with Gasteiger partial charge in [0, 0.05) is 13.1 Å². The van der Waals surface area contributed by atoms with Crippen LogP contribution in [0.1, 0.15) is 29.8 Å². The van der Waals surface area contributed by atoms with Crippen molar-refractivity contribution in [2.24, 2.45) is 0 Å². The molecule has 0 aromatic heterocycles. The van der Waals surface area contributed by atoms with Gasteiger partial charge in [-0.1, -0.05) is 6.07 Å². The minimum absolute atomic E-state index is 0.0375. The van der Waals surface area contributed by atoms with Crippen molar-refractivity contribution in [3.8, 4) is 5.75 Å². The van der Waals surface area contributed by atoms with E-state index in [2.05, 4.69) is 0 Å². The van der Waals surface area contributed by atoms with Crippen LogP contribution in [0.2, 0.25) is 0 Å². The fourth-order valence-corrected chi connectivity index (χ4v) is 2.49. The number of carbonyl (C=O) groups excluding carboxylic acids is 2. The highest BCUT2D eigenvalue weighted by Crippen LogP contribution is 2.19. The SMILES string of the molecule is Cc1ccc(C(=O)OCC(=O)N2C[C@@H](C)O[C@H](C)C2)c(O)c1. The molecule has 1 fully saturated rings. The Hall–Kier alpha value is -2.08. The van der Waals surface area contributed by atoms with Crippen LogP contribution >= 0.6 is 0 Å². The van der Waals surface area contributed by atoms with Crippen molar-refractivity contribution in [3.05, 3.63) is 29.3 Å². The Bertz CT molecular complexity index is 562. The summed E-state index contributed by atoms with van der Waals surface area (Å²) in [7, 11) is 0. The summed E-state index contributed by atoms with van der Waals surface area (Å²) in [4.78, 5) is 25.6. The first-order valence-corrected chi connectivity index (χ1v) is 7.26. The number of hydrogen-bond acceptors (Lipinski definition) is 5. The maximum Gasteiger partial charge on any atom is 0.342 e. The van der Waals surface area contributed by atoms with Crippen molar-refractivity contribution in [2.45, 2.75) is 33.0 Å². The Kier molecular flexibility index (Phi) is 5.03. The molecule has 1 aliphatic heterocycles. The van der Waals surface area contributed by atoms with Crippen LogP contribution in [0, 0.1) is 6.92 Å². The Balaban J connectivity index is 1.91. The maximum atomic E-state index is 12.1. The molecular formula is C16H21NO5. The summed E-state index contributed by atoms with van der Waals surface area (Å²) in [5.74, 6) is -1.12. The molecule has 22 heavy (non-hydrogen) atoms. The van der Waals surface area contributed by atoms with Crippen LogP contribution in [0.15, 0.2) is 18.2 Å². The van der Waals surface area contributed by atoms with Crippen LogP contribution in [0.3, 0.4) is 0 Å². The molecule has 6 nitrogen and oxygen atoms in total. The van der Waals surface area contributed by atoms with Gasteiger partial charge in [0.1, 0.15) is 11.3 Å². The van der Waals surface area contributed by atoms with Gasteiger partial charge in [-0.15, -0.1) is 0 Å². The van der Waals surface area contributed by atoms with E-state index in [0.717, 1.165) is 5.56 Å². The number of phenolic OH excluding ortho intramolecular Hbond substituents is 1. The third-order valence-electron chi connectivity index (χ3n) is 3.47. The van der Waals surface area contributed by atoms with E-state index in [0.29, 0.717) is 13.1 Å². The maximum absolute atomic E-state index is 12.1. The highest BCUT2D eigenvalue weighted by atomic mass is 16.5. The second kappa shape index (κ2) is 6.79. The minimum atomic E-state index is -0.708. The molecule has 120 valence electrons. The average Bonchev–Trinajstić information content (AvgIpc) is 2.43. The quantitative estimate of drug-likeness (QED) is 0.856. The van der Waals surface area contributed by atoms with Gasteiger partial charge in [0.05, 0.1) is 12.2 Å². The Morgan fingerprint density at radius 2 is 1.95 bits per heavy atom. The average molecular weight is 307 g/mol. The number of phenols is 1. The van der Waals surface area contributed by atoms with Crippen LogP contribution in [-0.2, 0) is 14.3 Å². The predicted molar refractivity (Wildman–Crippen MR) is 79.7 cm³/mol. The van der Waals surface area contributed by atoms with E-state index in [1.807, 2.05) is 13.8 Å². The summed E-state index contributed by atoms with van der Waals surface area (Å²) in [5.41, 5.74) is 0.892. The molecule has 2 atom stereocenters. The van der Waals surface area contributed by atoms with Crippen LogP contribution in [0.25, 0.3) is 0 Å². The molecule has 2 rings (SSSR count). The summed E-state index contributed by atoms with van der Waals surface area (Å²) in [6, 6.07) is 4.66. The Labute approximate surface area is 129 Å². The molecule has 1 aromatic carbocycles. The molecule has 6 heteroatoms. The van der Waals surface area contributed by atoms with Gasteiger partial charge in [0.2, 0.25) is 0 Å². The molecule has 1 saturated heterocycles. The third-order valence-corrected chi connectivity index (χ3v) is 3.47. The van der Waals surface area contributed by atoms with Gasteiger partial charge in [0.25, 0.3) is 5.91 Å². The van der Waals surface area contributed by atoms with Crippen molar-refractivity contribution in [1.82, 2.24) is 4.90 Å². The molecule has 0 bridgehead atoms. The number of morpholine rings is 1. The highest BCUT2D eigenvalue weighted by Gasteiger charge is 2.26. The lowest BCUT2D eigenvalue weighted by Crippen LogP contribution is -2.49. The zero-order valence-electron chi connectivity index (χ0n) is 13.0. The first kappa shape index (κ1) is 16.3. The second-order valence-electron chi connectivity index (χ2n) is 5.65. The van der Waals surface area contributed by atoms with E-state index < -0.39 is 5.97 Å². The van der Waals surface area contributed by atoms with E-state index >= 15 is 0 Å².